The molecule has 0 radical (unpaired) electrons. The van der Waals surface area contributed by atoms with Gasteiger partial charge in [-0.05, 0) is 37.0 Å². The highest BCUT2D eigenvalue weighted by atomic mass is 19.1. The van der Waals surface area contributed by atoms with Crippen molar-refractivity contribution in [2.75, 3.05) is 5.32 Å². The molecule has 1 saturated carbocycles. The van der Waals surface area contributed by atoms with Crippen molar-refractivity contribution in [2.24, 2.45) is 5.73 Å². The molecule has 1 aromatic rings. The van der Waals surface area contributed by atoms with E-state index in [1.165, 1.54) is 12.5 Å². The minimum absolute atomic E-state index is 0.186. The Labute approximate surface area is 83.3 Å². The third kappa shape index (κ3) is 1.87. The van der Waals surface area contributed by atoms with Crippen LogP contribution in [0.1, 0.15) is 24.8 Å². The number of rotatable bonds is 3. The molecule has 1 aliphatic rings. The lowest BCUT2D eigenvalue weighted by Gasteiger charge is -2.27. The van der Waals surface area contributed by atoms with E-state index in [-0.39, 0.29) is 5.82 Å². The van der Waals surface area contributed by atoms with Gasteiger partial charge in [-0.25, -0.2) is 4.39 Å². The van der Waals surface area contributed by atoms with Gasteiger partial charge in [-0.2, -0.15) is 0 Å². The second kappa shape index (κ2) is 3.96. The Balaban J connectivity index is 2.13. The van der Waals surface area contributed by atoms with Crippen molar-refractivity contribution in [1.82, 2.24) is 0 Å². The zero-order valence-corrected chi connectivity index (χ0v) is 8.09. The summed E-state index contributed by atoms with van der Waals surface area (Å²) >= 11 is 0. The Morgan fingerprint density at radius 3 is 2.79 bits per heavy atom. The van der Waals surface area contributed by atoms with Gasteiger partial charge >= 0.3 is 0 Å². The highest BCUT2D eigenvalue weighted by Gasteiger charge is 2.18. The van der Waals surface area contributed by atoms with Crippen LogP contribution in [0.25, 0.3) is 0 Å². The molecule has 0 atom stereocenters. The average molecular weight is 194 g/mol. The first kappa shape index (κ1) is 9.46. The maximum Gasteiger partial charge on any atom is 0.146 e. The molecule has 14 heavy (non-hydrogen) atoms. The van der Waals surface area contributed by atoms with Crippen LogP contribution in [0, 0.1) is 5.82 Å². The zero-order chi connectivity index (χ0) is 9.97. The topological polar surface area (TPSA) is 38.0 Å². The zero-order valence-electron chi connectivity index (χ0n) is 8.09. The van der Waals surface area contributed by atoms with E-state index in [0.29, 0.717) is 18.3 Å². The lowest BCUT2D eigenvalue weighted by Crippen LogP contribution is -2.27. The van der Waals surface area contributed by atoms with Crippen LogP contribution >= 0.6 is 0 Å². The molecule has 2 rings (SSSR count). The van der Waals surface area contributed by atoms with Gasteiger partial charge in [0.15, 0.2) is 0 Å². The number of benzene rings is 1. The van der Waals surface area contributed by atoms with Crippen LogP contribution in [0.2, 0.25) is 0 Å². The van der Waals surface area contributed by atoms with Crippen LogP contribution in [-0.4, -0.2) is 6.04 Å². The quantitative estimate of drug-likeness (QED) is 0.774. The number of hydrogen-bond donors (Lipinski definition) is 2. The third-order valence-electron chi connectivity index (χ3n) is 2.73. The maximum absolute atomic E-state index is 13.3. The lowest BCUT2D eigenvalue weighted by molar-refractivity contribution is 0.443. The molecular weight excluding hydrogens is 179 g/mol. The van der Waals surface area contributed by atoms with E-state index < -0.39 is 0 Å². The molecular formula is C11H15FN2. The van der Waals surface area contributed by atoms with Crippen LogP contribution in [0.15, 0.2) is 18.2 Å². The first-order valence-corrected chi connectivity index (χ1v) is 5.04. The van der Waals surface area contributed by atoms with E-state index in [4.69, 9.17) is 5.73 Å². The van der Waals surface area contributed by atoms with Crippen molar-refractivity contribution in [1.29, 1.82) is 0 Å². The molecule has 0 heterocycles. The minimum Gasteiger partial charge on any atom is -0.380 e. The minimum atomic E-state index is -0.186. The van der Waals surface area contributed by atoms with Crippen molar-refractivity contribution in [3.63, 3.8) is 0 Å². The summed E-state index contributed by atoms with van der Waals surface area (Å²) in [5.74, 6) is -0.186. The Kier molecular flexibility index (Phi) is 2.68. The molecule has 3 N–H and O–H groups in total. The van der Waals surface area contributed by atoms with Crippen LogP contribution in [0.3, 0.4) is 0 Å². The molecule has 1 fully saturated rings. The monoisotopic (exact) mass is 194 g/mol. The van der Waals surface area contributed by atoms with Crippen molar-refractivity contribution in [2.45, 2.75) is 31.8 Å². The fraction of sp³-hybridized carbons (Fsp3) is 0.455. The number of halogens is 1. The second-order valence-corrected chi connectivity index (χ2v) is 3.79. The van der Waals surface area contributed by atoms with Gasteiger partial charge < -0.3 is 11.1 Å². The van der Waals surface area contributed by atoms with E-state index in [2.05, 4.69) is 5.32 Å². The molecule has 1 aliphatic carbocycles. The number of nitrogens with two attached hydrogens (primary N) is 1. The predicted octanol–water partition coefficient (Wildman–Crippen LogP) is 2.25. The molecule has 0 aliphatic heterocycles. The molecule has 76 valence electrons. The average Bonchev–Trinajstić information content (AvgIpc) is 2.14. The van der Waals surface area contributed by atoms with Gasteiger partial charge in [0, 0.05) is 12.6 Å². The third-order valence-corrected chi connectivity index (χ3v) is 2.73. The molecule has 3 heteroatoms. The standard InChI is InChI=1S/C11H15FN2/c12-10-5-4-8(7-13)6-11(10)14-9-2-1-3-9/h4-6,9,14H,1-3,7,13H2. The number of hydrogen-bond acceptors (Lipinski definition) is 2. The molecule has 0 aromatic heterocycles. The molecule has 0 spiro atoms. The van der Waals surface area contributed by atoms with Gasteiger partial charge in [-0.1, -0.05) is 6.07 Å². The molecule has 0 amide bonds. The Morgan fingerprint density at radius 2 is 2.21 bits per heavy atom. The van der Waals surface area contributed by atoms with Crippen LogP contribution in [-0.2, 0) is 6.54 Å². The first-order chi connectivity index (χ1) is 6.79. The summed E-state index contributed by atoms with van der Waals surface area (Å²) in [6.45, 7) is 0.458. The summed E-state index contributed by atoms with van der Waals surface area (Å²) in [5, 5.41) is 3.19. The Morgan fingerprint density at radius 1 is 1.43 bits per heavy atom. The van der Waals surface area contributed by atoms with Crippen molar-refractivity contribution < 1.29 is 4.39 Å². The van der Waals surface area contributed by atoms with Gasteiger partial charge in [-0.3, -0.25) is 0 Å². The van der Waals surface area contributed by atoms with Gasteiger partial charge in [0.2, 0.25) is 0 Å². The van der Waals surface area contributed by atoms with Crippen molar-refractivity contribution >= 4 is 5.69 Å². The number of nitrogens with one attached hydrogen (secondary N) is 1. The van der Waals surface area contributed by atoms with E-state index in [1.54, 1.807) is 12.1 Å². The fourth-order valence-corrected chi connectivity index (χ4v) is 1.58. The van der Waals surface area contributed by atoms with E-state index in [1.807, 2.05) is 0 Å². The van der Waals surface area contributed by atoms with Gasteiger partial charge in [0.05, 0.1) is 5.69 Å². The molecule has 0 unspecified atom stereocenters. The molecule has 0 bridgehead atoms. The SMILES string of the molecule is NCc1ccc(F)c(NC2CCC2)c1. The maximum atomic E-state index is 13.3. The summed E-state index contributed by atoms with van der Waals surface area (Å²) in [5.41, 5.74) is 7.06. The largest absolute Gasteiger partial charge is 0.380 e. The van der Waals surface area contributed by atoms with E-state index >= 15 is 0 Å². The summed E-state index contributed by atoms with van der Waals surface area (Å²) in [4.78, 5) is 0. The van der Waals surface area contributed by atoms with Gasteiger partial charge in [-0.15, -0.1) is 0 Å². The molecule has 2 nitrogen and oxygen atoms in total. The first-order valence-electron chi connectivity index (χ1n) is 5.04. The van der Waals surface area contributed by atoms with Crippen molar-refractivity contribution in [3.05, 3.63) is 29.6 Å². The van der Waals surface area contributed by atoms with Crippen LogP contribution in [0.5, 0.6) is 0 Å². The highest BCUT2D eigenvalue weighted by Crippen LogP contribution is 2.25. The van der Waals surface area contributed by atoms with E-state index in [9.17, 15) is 4.39 Å². The van der Waals surface area contributed by atoms with Crippen LogP contribution in [0.4, 0.5) is 10.1 Å². The smallest absolute Gasteiger partial charge is 0.146 e. The Hall–Kier alpha value is -1.09. The second-order valence-electron chi connectivity index (χ2n) is 3.79. The fourth-order valence-electron chi connectivity index (χ4n) is 1.58. The number of anilines is 1. The Bertz CT molecular complexity index is 321. The summed E-state index contributed by atoms with van der Waals surface area (Å²) in [6.07, 6.45) is 3.54. The molecule has 1 aromatic carbocycles. The van der Waals surface area contributed by atoms with E-state index in [0.717, 1.165) is 18.4 Å². The summed E-state index contributed by atoms with van der Waals surface area (Å²) in [6, 6.07) is 5.45. The van der Waals surface area contributed by atoms with Crippen LogP contribution < -0.4 is 11.1 Å². The predicted molar refractivity (Wildman–Crippen MR) is 55.6 cm³/mol. The summed E-state index contributed by atoms with van der Waals surface area (Å²) < 4.78 is 13.3. The summed E-state index contributed by atoms with van der Waals surface area (Å²) in [7, 11) is 0. The normalized spacial score (nSPS) is 16.4. The highest BCUT2D eigenvalue weighted by molar-refractivity contribution is 5.48. The lowest BCUT2D eigenvalue weighted by atomic mass is 9.93. The van der Waals surface area contributed by atoms with Crippen molar-refractivity contribution in [3.8, 4) is 0 Å². The molecule has 0 saturated heterocycles. The van der Waals surface area contributed by atoms with Gasteiger partial charge in [0.25, 0.3) is 0 Å². The van der Waals surface area contributed by atoms with Gasteiger partial charge in [0.1, 0.15) is 5.82 Å².